The summed E-state index contributed by atoms with van der Waals surface area (Å²) in [5.74, 6) is -0.558. The Morgan fingerprint density at radius 1 is 1.11 bits per heavy atom. The minimum Gasteiger partial charge on any atom is -0.466 e. The second-order valence-electron chi connectivity index (χ2n) is 3.91. The molecule has 0 unspecified atom stereocenters. The van der Waals surface area contributed by atoms with E-state index in [1.807, 2.05) is 24.3 Å². The van der Waals surface area contributed by atoms with Crippen molar-refractivity contribution in [1.82, 2.24) is 0 Å². The molecule has 0 fully saturated rings. The summed E-state index contributed by atoms with van der Waals surface area (Å²) >= 11 is 2.20. The van der Waals surface area contributed by atoms with Gasteiger partial charge >= 0.3 is 11.9 Å². The zero-order valence-electron chi connectivity index (χ0n) is 10.9. The van der Waals surface area contributed by atoms with Gasteiger partial charge in [-0.15, -0.1) is 0 Å². The molecule has 5 heteroatoms. The predicted molar refractivity (Wildman–Crippen MR) is 79.4 cm³/mol. The normalized spacial score (nSPS) is 10.0. The Bertz CT molecular complexity index is 431. The average molecular weight is 376 g/mol. The van der Waals surface area contributed by atoms with E-state index in [1.165, 1.54) is 0 Å². The van der Waals surface area contributed by atoms with Crippen LogP contribution in [-0.4, -0.2) is 18.5 Å². The lowest BCUT2D eigenvalue weighted by Crippen LogP contribution is -2.08. The highest BCUT2D eigenvalue weighted by atomic mass is 127. The van der Waals surface area contributed by atoms with Crippen LogP contribution in [0.25, 0.3) is 0 Å². The van der Waals surface area contributed by atoms with Gasteiger partial charge in [0.1, 0.15) is 6.61 Å². The molecule has 0 aliphatic rings. The number of hydrogen-bond acceptors (Lipinski definition) is 4. The molecule has 0 atom stereocenters. The fourth-order valence-corrected chi connectivity index (χ4v) is 2.00. The lowest BCUT2D eigenvalue weighted by atomic mass is 10.2. The van der Waals surface area contributed by atoms with Crippen LogP contribution in [0.5, 0.6) is 0 Å². The molecule has 1 rings (SSSR count). The zero-order valence-corrected chi connectivity index (χ0v) is 13.0. The highest BCUT2D eigenvalue weighted by molar-refractivity contribution is 14.1. The maximum atomic E-state index is 11.5. The SMILES string of the molecule is CCOC(=O)CCCC(=O)OCc1ccccc1I. The van der Waals surface area contributed by atoms with Gasteiger partial charge in [-0.2, -0.15) is 0 Å². The van der Waals surface area contributed by atoms with E-state index in [4.69, 9.17) is 9.47 Å². The standard InChI is InChI=1S/C14H17IO4/c1-2-18-13(16)8-5-9-14(17)19-10-11-6-3-4-7-12(11)15/h3-4,6-7H,2,5,8-10H2,1H3. The highest BCUT2D eigenvalue weighted by Crippen LogP contribution is 2.13. The van der Waals surface area contributed by atoms with Crippen molar-refractivity contribution in [1.29, 1.82) is 0 Å². The largest absolute Gasteiger partial charge is 0.466 e. The van der Waals surface area contributed by atoms with E-state index in [0.29, 0.717) is 13.0 Å². The average Bonchev–Trinajstić information content (AvgIpc) is 2.38. The first kappa shape index (κ1) is 15.9. The summed E-state index contributed by atoms with van der Waals surface area (Å²) in [5.41, 5.74) is 0.988. The molecule has 0 aromatic heterocycles. The first-order valence-electron chi connectivity index (χ1n) is 6.18. The van der Waals surface area contributed by atoms with Crippen molar-refractivity contribution in [3.05, 3.63) is 33.4 Å². The fourth-order valence-electron chi connectivity index (χ4n) is 1.46. The summed E-state index contributed by atoms with van der Waals surface area (Å²) in [6, 6.07) is 7.73. The van der Waals surface area contributed by atoms with Crippen molar-refractivity contribution >= 4 is 34.5 Å². The summed E-state index contributed by atoms with van der Waals surface area (Å²) < 4.78 is 11.0. The Labute approximate surface area is 126 Å². The van der Waals surface area contributed by atoms with Gasteiger partial charge in [0.2, 0.25) is 0 Å². The third kappa shape index (κ3) is 6.56. The van der Waals surface area contributed by atoms with Crippen LogP contribution in [-0.2, 0) is 25.7 Å². The second-order valence-corrected chi connectivity index (χ2v) is 5.07. The quantitative estimate of drug-likeness (QED) is 0.542. The van der Waals surface area contributed by atoms with Crippen molar-refractivity contribution in [3.8, 4) is 0 Å². The van der Waals surface area contributed by atoms with Crippen molar-refractivity contribution in [2.24, 2.45) is 0 Å². The summed E-state index contributed by atoms with van der Waals surface area (Å²) in [5, 5.41) is 0. The molecule has 1 aromatic rings. The lowest BCUT2D eigenvalue weighted by Gasteiger charge is -2.06. The second kappa shape index (κ2) is 8.90. The van der Waals surface area contributed by atoms with E-state index in [-0.39, 0.29) is 31.4 Å². The van der Waals surface area contributed by atoms with Gasteiger partial charge in [-0.3, -0.25) is 9.59 Å². The number of carbonyl (C=O) groups excluding carboxylic acids is 2. The van der Waals surface area contributed by atoms with Crippen molar-refractivity contribution in [2.75, 3.05) is 6.61 Å². The first-order valence-corrected chi connectivity index (χ1v) is 7.26. The van der Waals surface area contributed by atoms with Crippen LogP contribution >= 0.6 is 22.6 Å². The van der Waals surface area contributed by atoms with Gasteiger partial charge in [-0.25, -0.2) is 0 Å². The number of esters is 2. The molecule has 0 N–H and O–H groups in total. The summed E-state index contributed by atoms with van der Waals surface area (Å²) in [6.07, 6.45) is 0.956. The summed E-state index contributed by atoms with van der Waals surface area (Å²) in [6.45, 7) is 2.40. The Morgan fingerprint density at radius 2 is 1.74 bits per heavy atom. The molecule has 4 nitrogen and oxygen atoms in total. The molecule has 0 bridgehead atoms. The number of benzene rings is 1. The van der Waals surface area contributed by atoms with Crippen molar-refractivity contribution in [3.63, 3.8) is 0 Å². The Kier molecular flexibility index (Phi) is 7.47. The fraction of sp³-hybridized carbons (Fsp3) is 0.429. The van der Waals surface area contributed by atoms with Gasteiger partial charge in [0.25, 0.3) is 0 Å². The van der Waals surface area contributed by atoms with Crippen LogP contribution in [0.4, 0.5) is 0 Å². The number of hydrogen-bond donors (Lipinski definition) is 0. The maximum Gasteiger partial charge on any atom is 0.306 e. The van der Waals surface area contributed by atoms with Gasteiger partial charge in [-0.1, -0.05) is 18.2 Å². The number of ether oxygens (including phenoxy) is 2. The summed E-state index contributed by atoms with van der Waals surface area (Å²) in [4.78, 5) is 22.6. The molecule has 0 saturated heterocycles. The Balaban J connectivity index is 2.22. The smallest absolute Gasteiger partial charge is 0.306 e. The van der Waals surface area contributed by atoms with Crippen molar-refractivity contribution in [2.45, 2.75) is 32.8 Å². The molecule has 1 aromatic carbocycles. The first-order chi connectivity index (χ1) is 9.13. The topological polar surface area (TPSA) is 52.6 Å². The van der Waals surface area contributed by atoms with Crippen LogP contribution in [0.15, 0.2) is 24.3 Å². The van der Waals surface area contributed by atoms with Crippen LogP contribution in [0.1, 0.15) is 31.7 Å². The van der Waals surface area contributed by atoms with Crippen molar-refractivity contribution < 1.29 is 19.1 Å². The van der Waals surface area contributed by atoms with E-state index >= 15 is 0 Å². The molecular formula is C14H17IO4. The predicted octanol–water partition coefficient (Wildman–Crippen LogP) is 3.07. The van der Waals surface area contributed by atoms with Gasteiger partial charge in [0, 0.05) is 22.0 Å². The Morgan fingerprint density at radius 3 is 2.37 bits per heavy atom. The molecule has 104 valence electrons. The summed E-state index contributed by atoms with van der Waals surface area (Å²) in [7, 11) is 0. The molecule has 0 saturated carbocycles. The highest BCUT2D eigenvalue weighted by Gasteiger charge is 2.07. The molecule has 19 heavy (non-hydrogen) atoms. The van der Waals surface area contributed by atoms with E-state index in [0.717, 1.165) is 9.13 Å². The minimum absolute atomic E-state index is 0.238. The zero-order chi connectivity index (χ0) is 14.1. The van der Waals surface area contributed by atoms with Crippen LogP contribution < -0.4 is 0 Å². The van der Waals surface area contributed by atoms with Gasteiger partial charge in [0.05, 0.1) is 6.61 Å². The van der Waals surface area contributed by atoms with E-state index in [2.05, 4.69) is 22.6 Å². The molecule has 0 radical (unpaired) electrons. The molecule has 0 amide bonds. The number of halogens is 1. The third-order valence-corrected chi connectivity index (χ3v) is 3.47. The molecule has 0 spiro atoms. The van der Waals surface area contributed by atoms with E-state index in [9.17, 15) is 9.59 Å². The number of rotatable bonds is 7. The van der Waals surface area contributed by atoms with Gasteiger partial charge in [0.15, 0.2) is 0 Å². The van der Waals surface area contributed by atoms with Crippen LogP contribution in [0, 0.1) is 3.57 Å². The van der Waals surface area contributed by atoms with Crippen LogP contribution in [0.3, 0.4) is 0 Å². The minimum atomic E-state index is -0.288. The maximum absolute atomic E-state index is 11.5. The van der Waals surface area contributed by atoms with Gasteiger partial charge < -0.3 is 9.47 Å². The van der Waals surface area contributed by atoms with Crippen LogP contribution in [0.2, 0.25) is 0 Å². The van der Waals surface area contributed by atoms with E-state index in [1.54, 1.807) is 6.92 Å². The third-order valence-electron chi connectivity index (χ3n) is 2.41. The van der Waals surface area contributed by atoms with E-state index < -0.39 is 0 Å². The monoisotopic (exact) mass is 376 g/mol. The Hall–Kier alpha value is -1.11. The number of carbonyl (C=O) groups is 2. The molecular weight excluding hydrogens is 359 g/mol. The lowest BCUT2D eigenvalue weighted by molar-refractivity contribution is -0.146. The molecule has 0 aliphatic carbocycles. The molecule has 0 heterocycles. The molecule has 0 aliphatic heterocycles. The van der Waals surface area contributed by atoms with Gasteiger partial charge in [-0.05, 0) is 42.0 Å².